The summed E-state index contributed by atoms with van der Waals surface area (Å²) in [6, 6.07) is 8.16. The van der Waals surface area contributed by atoms with Crippen molar-refractivity contribution in [3.05, 3.63) is 58.7 Å². The predicted octanol–water partition coefficient (Wildman–Crippen LogP) is 4.31. The molecule has 0 unspecified atom stereocenters. The number of fused-ring (bicyclic) bond motifs is 1. The molecule has 0 aromatic heterocycles. The van der Waals surface area contributed by atoms with E-state index in [1.165, 1.54) is 19.9 Å². The number of rotatable bonds is 5. The molecule has 0 saturated heterocycles. The summed E-state index contributed by atoms with van der Waals surface area (Å²) in [4.78, 5) is 22.7. The molecule has 1 aliphatic rings. The highest BCUT2D eigenvalue weighted by molar-refractivity contribution is 5.72. The van der Waals surface area contributed by atoms with Crippen molar-refractivity contribution in [1.82, 2.24) is 0 Å². The van der Waals surface area contributed by atoms with Crippen molar-refractivity contribution in [2.75, 3.05) is 0 Å². The molecule has 0 bridgehead atoms. The molecular weight excluding hydrogens is 400 g/mol. The van der Waals surface area contributed by atoms with Gasteiger partial charge in [-0.05, 0) is 38.0 Å². The van der Waals surface area contributed by atoms with Crippen LogP contribution in [0.3, 0.4) is 0 Å². The molecule has 0 amide bonds. The van der Waals surface area contributed by atoms with Gasteiger partial charge < -0.3 is 24.4 Å². The number of aliphatic hydroxyl groups excluding tert-OH is 1. The van der Waals surface area contributed by atoms with Crippen LogP contribution in [0, 0.1) is 0 Å². The van der Waals surface area contributed by atoms with Crippen molar-refractivity contribution in [3.8, 4) is 23.0 Å². The number of phenols is 1. The van der Waals surface area contributed by atoms with E-state index in [2.05, 4.69) is 0 Å². The number of carbonyl (C=O) groups is 2. The zero-order valence-electron chi connectivity index (χ0n) is 18.0. The van der Waals surface area contributed by atoms with Crippen molar-refractivity contribution in [3.63, 3.8) is 0 Å². The molecule has 0 aliphatic carbocycles. The van der Waals surface area contributed by atoms with E-state index in [0.717, 1.165) is 11.1 Å². The largest absolute Gasteiger partial charge is 0.507 e. The summed E-state index contributed by atoms with van der Waals surface area (Å²) in [5.74, 6) is -0.216. The minimum Gasteiger partial charge on any atom is -0.507 e. The number of aromatic hydroxyl groups is 1. The maximum absolute atomic E-state index is 11.6. The van der Waals surface area contributed by atoms with Gasteiger partial charge in [-0.25, -0.2) is 0 Å². The standard InChI is InChI=1S/C24H26O7/c1-13(2)5-10-18-22(30-15(4)26)12-20(28)23-19(27)11-21(31-24(18)23)16-6-8-17(9-7-16)29-14(3)25/h5-9,12,19,21,27-28H,10-11H2,1-4H3/t19-,21-/m1/s1. The van der Waals surface area contributed by atoms with Gasteiger partial charge in [-0.3, -0.25) is 9.59 Å². The van der Waals surface area contributed by atoms with E-state index in [9.17, 15) is 19.8 Å². The maximum atomic E-state index is 11.6. The van der Waals surface area contributed by atoms with E-state index in [-0.39, 0.29) is 23.5 Å². The molecule has 31 heavy (non-hydrogen) atoms. The first kappa shape index (κ1) is 22.4. The molecule has 2 atom stereocenters. The van der Waals surface area contributed by atoms with Crippen molar-refractivity contribution in [2.45, 2.75) is 52.7 Å². The van der Waals surface area contributed by atoms with Crippen LogP contribution >= 0.6 is 0 Å². The van der Waals surface area contributed by atoms with Gasteiger partial charge in [-0.2, -0.15) is 0 Å². The Kier molecular flexibility index (Phi) is 6.65. The highest BCUT2D eigenvalue weighted by Gasteiger charge is 2.34. The summed E-state index contributed by atoms with van der Waals surface area (Å²) >= 11 is 0. The fourth-order valence-electron chi connectivity index (χ4n) is 3.51. The average Bonchev–Trinajstić information content (AvgIpc) is 2.66. The van der Waals surface area contributed by atoms with Gasteiger partial charge in [0.1, 0.15) is 29.1 Å². The minimum absolute atomic E-state index is 0.191. The predicted molar refractivity (Wildman–Crippen MR) is 113 cm³/mol. The van der Waals surface area contributed by atoms with Gasteiger partial charge in [-0.1, -0.05) is 23.8 Å². The molecule has 2 aromatic rings. The van der Waals surface area contributed by atoms with E-state index < -0.39 is 24.1 Å². The zero-order valence-corrected chi connectivity index (χ0v) is 18.0. The monoisotopic (exact) mass is 426 g/mol. The Hall–Kier alpha value is -3.32. The van der Waals surface area contributed by atoms with Crippen molar-refractivity contribution < 1.29 is 34.0 Å². The second-order valence-electron chi connectivity index (χ2n) is 7.72. The first-order chi connectivity index (χ1) is 14.7. The van der Waals surface area contributed by atoms with Crippen molar-refractivity contribution in [2.24, 2.45) is 0 Å². The molecule has 3 rings (SSSR count). The lowest BCUT2D eigenvalue weighted by Gasteiger charge is -2.32. The number of phenolic OH excluding ortho intramolecular Hbond substituents is 1. The van der Waals surface area contributed by atoms with Crippen LogP contribution in [-0.4, -0.2) is 22.2 Å². The van der Waals surface area contributed by atoms with Gasteiger partial charge in [0, 0.05) is 31.9 Å². The molecule has 1 aliphatic heterocycles. The Morgan fingerprint density at radius 1 is 1.10 bits per heavy atom. The van der Waals surface area contributed by atoms with Gasteiger partial charge in [-0.15, -0.1) is 0 Å². The lowest BCUT2D eigenvalue weighted by atomic mass is 9.91. The van der Waals surface area contributed by atoms with Crippen LogP contribution in [0.15, 0.2) is 42.0 Å². The Morgan fingerprint density at radius 2 is 1.74 bits per heavy atom. The number of allylic oxidation sites excluding steroid dienone is 2. The van der Waals surface area contributed by atoms with Gasteiger partial charge >= 0.3 is 11.9 Å². The third-order valence-corrected chi connectivity index (χ3v) is 4.87. The van der Waals surface area contributed by atoms with Crippen LogP contribution < -0.4 is 14.2 Å². The van der Waals surface area contributed by atoms with Crippen LogP contribution in [-0.2, 0) is 16.0 Å². The SMILES string of the molecule is CC(=O)Oc1ccc([C@H]2C[C@@H](O)c3c(O)cc(OC(C)=O)c(CC=C(C)C)c3O2)cc1. The molecule has 2 aromatic carbocycles. The smallest absolute Gasteiger partial charge is 0.308 e. The number of esters is 2. The Bertz CT molecular complexity index is 1020. The van der Waals surface area contributed by atoms with Crippen LogP contribution in [0.2, 0.25) is 0 Å². The topological polar surface area (TPSA) is 102 Å². The van der Waals surface area contributed by atoms with Gasteiger partial charge in [0.2, 0.25) is 0 Å². The van der Waals surface area contributed by atoms with Gasteiger partial charge in [0.25, 0.3) is 0 Å². The third kappa shape index (κ3) is 5.24. The van der Waals surface area contributed by atoms with Crippen molar-refractivity contribution in [1.29, 1.82) is 0 Å². The fraction of sp³-hybridized carbons (Fsp3) is 0.333. The van der Waals surface area contributed by atoms with Crippen LogP contribution in [0.1, 0.15) is 63.0 Å². The summed E-state index contributed by atoms with van der Waals surface area (Å²) in [6.45, 7) is 6.50. The summed E-state index contributed by atoms with van der Waals surface area (Å²) in [6.07, 6.45) is 1.10. The van der Waals surface area contributed by atoms with Gasteiger partial charge in [0.15, 0.2) is 0 Å². The quantitative estimate of drug-likeness (QED) is 0.417. The normalized spacial score (nSPS) is 17.2. The first-order valence-electron chi connectivity index (χ1n) is 9.99. The zero-order chi connectivity index (χ0) is 22.7. The summed E-state index contributed by atoms with van der Waals surface area (Å²) in [5.41, 5.74) is 2.68. The second-order valence-corrected chi connectivity index (χ2v) is 7.72. The number of carbonyl (C=O) groups excluding carboxylic acids is 2. The van der Waals surface area contributed by atoms with Crippen LogP contribution in [0.5, 0.6) is 23.0 Å². The molecule has 2 N–H and O–H groups in total. The number of hydrogen-bond donors (Lipinski definition) is 2. The molecule has 7 nitrogen and oxygen atoms in total. The highest BCUT2D eigenvalue weighted by Crippen LogP contribution is 2.50. The Morgan fingerprint density at radius 3 is 2.32 bits per heavy atom. The number of benzene rings is 2. The molecule has 164 valence electrons. The second kappa shape index (κ2) is 9.22. The Balaban J connectivity index is 2.03. The molecule has 0 spiro atoms. The lowest BCUT2D eigenvalue weighted by Crippen LogP contribution is -2.21. The molecule has 0 radical (unpaired) electrons. The third-order valence-electron chi connectivity index (χ3n) is 4.87. The molecule has 0 fully saturated rings. The summed E-state index contributed by atoms with van der Waals surface area (Å²) in [5, 5.41) is 21.3. The molecule has 0 saturated carbocycles. The van der Waals surface area contributed by atoms with E-state index >= 15 is 0 Å². The van der Waals surface area contributed by atoms with E-state index in [0.29, 0.717) is 23.5 Å². The number of ether oxygens (including phenoxy) is 3. The minimum atomic E-state index is -0.973. The summed E-state index contributed by atoms with van der Waals surface area (Å²) < 4.78 is 16.6. The van der Waals surface area contributed by atoms with E-state index in [4.69, 9.17) is 14.2 Å². The van der Waals surface area contributed by atoms with Crippen LogP contribution in [0.4, 0.5) is 0 Å². The lowest BCUT2D eigenvalue weighted by molar-refractivity contribution is -0.132. The number of aliphatic hydroxyl groups is 1. The Labute approximate surface area is 180 Å². The molecule has 1 heterocycles. The first-order valence-corrected chi connectivity index (χ1v) is 9.99. The van der Waals surface area contributed by atoms with Crippen LogP contribution in [0.25, 0.3) is 0 Å². The molecular formula is C24H26O7. The van der Waals surface area contributed by atoms with Crippen molar-refractivity contribution >= 4 is 11.9 Å². The maximum Gasteiger partial charge on any atom is 0.308 e. The summed E-state index contributed by atoms with van der Waals surface area (Å²) in [7, 11) is 0. The average molecular weight is 426 g/mol. The highest BCUT2D eigenvalue weighted by atomic mass is 16.5. The van der Waals surface area contributed by atoms with E-state index in [1.807, 2.05) is 19.9 Å². The molecule has 7 heteroatoms. The number of hydrogen-bond acceptors (Lipinski definition) is 7. The fourth-order valence-corrected chi connectivity index (χ4v) is 3.51. The van der Waals surface area contributed by atoms with Gasteiger partial charge in [0.05, 0.1) is 11.7 Å². The van der Waals surface area contributed by atoms with E-state index in [1.54, 1.807) is 24.3 Å².